The van der Waals surface area contributed by atoms with Crippen LogP contribution in [0.4, 0.5) is 14.6 Å². The van der Waals surface area contributed by atoms with Crippen LogP contribution in [0.15, 0.2) is 54.7 Å². The smallest absolute Gasteiger partial charge is 0.263 e. The fourth-order valence-corrected chi connectivity index (χ4v) is 4.95. The number of aromatic nitrogens is 1. The molecule has 0 aliphatic carbocycles. The monoisotopic (exact) mass is 538 g/mol. The largest absolute Gasteiger partial charge is 0.354 e. The third kappa shape index (κ3) is 6.39. The Morgan fingerprint density at radius 2 is 1.76 bits per heavy atom. The van der Waals surface area contributed by atoms with Gasteiger partial charge in [0.15, 0.2) is 0 Å². The molecule has 1 saturated heterocycles. The third-order valence-electron chi connectivity index (χ3n) is 7.16. The van der Waals surface area contributed by atoms with E-state index < -0.39 is 6.43 Å². The van der Waals surface area contributed by atoms with Crippen molar-refractivity contribution in [3.05, 3.63) is 82.5 Å². The molecule has 0 radical (unpaired) electrons. The Hall–Kier alpha value is -2.89. The van der Waals surface area contributed by atoms with Gasteiger partial charge in [-0.2, -0.15) is 0 Å². The molecule has 0 saturated carbocycles. The topological polar surface area (TPSA) is 39.7 Å². The summed E-state index contributed by atoms with van der Waals surface area (Å²) in [7, 11) is 6.52. The second-order valence-electron chi connectivity index (χ2n) is 10.8. The molecule has 1 aliphatic heterocycles. The number of likely N-dealkylation sites (N-methyl/N-ethyl adjacent to an activating group) is 1. The van der Waals surface area contributed by atoms with Crippen molar-refractivity contribution in [1.82, 2.24) is 14.8 Å². The van der Waals surface area contributed by atoms with E-state index >= 15 is 0 Å². The van der Waals surface area contributed by atoms with Gasteiger partial charge in [0, 0.05) is 56.7 Å². The van der Waals surface area contributed by atoms with E-state index in [0.717, 1.165) is 54.3 Å². The molecule has 4 rings (SSSR count). The fourth-order valence-electron chi connectivity index (χ4n) is 4.78. The van der Waals surface area contributed by atoms with Crippen molar-refractivity contribution < 1.29 is 13.6 Å². The third-order valence-corrected chi connectivity index (χ3v) is 7.49. The van der Waals surface area contributed by atoms with Crippen molar-refractivity contribution in [3.63, 3.8) is 0 Å². The van der Waals surface area contributed by atoms with Crippen LogP contribution in [0.25, 0.3) is 11.1 Å². The molecular weight excluding hydrogens is 501 g/mol. The maximum atomic E-state index is 13.8. The predicted molar refractivity (Wildman–Crippen MR) is 154 cm³/mol. The summed E-state index contributed by atoms with van der Waals surface area (Å²) < 4.78 is 27.3. The van der Waals surface area contributed by atoms with E-state index in [-0.39, 0.29) is 23.2 Å². The molecule has 3 aromatic rings. The van der Waals surface area contributed by atoms with E-state index in [9.17, 15) is 13.6 Å². The second kappa shape index (κ2) is 11.5. The number of benzene rings is 2. The molecule has 5 nitrogen and oxygen atoms in total. The summed E-state index contributed by atoms with van der Waals surface area (Å²) in [5.74, 6) is 0.655. The Morgan fingerprint density at radius 3 is 2.39 bits per heavy atom. The first-order chi connectivity index (χ1) is 17.9. The lowest BCUT2D eigenvalue weighted by atomic mass is 9.95. The van der Waals surface area contributed by atoms with Gasteiger partial charge in [0.1, 0.15) is 5.82 Å². The van der Waals surface area contributed by atoms with Gasteiger partial charge in [-0.15, -0.1) is 9.24 Å². The van der Waals surface area contributed by atoms with Gasteiger partial charge in [-0.25, -0.2) is 13.8 Å². The molecule has 8 heteroatoms. The number of rotatable bonds is 7. The zero-order valence-corrected chi connectivity index (χ0v) is 24.0. The molecule has 0 bridgehead atoms. The number of carbonyl (C=O) groups is 1. The van der Waals surface area contributed by atoms with E-state index in [2.05, 4.69) is 26.1 Å². The molecule has 38 heavy (non-hydrogen) atoms. The lowest BCUT2D eigenvalue weighted by molar-refractivity contribution is 0.0785. The normalized spacial score (nSPS) is 14.7. The first-order valence-corrected chi connectivity index (χ1v) is 13.5. The summed E-state index contributed by atoms with van der Waals surface area (Å²) in [6.07, 6.45) is -0.915. The lowest BCUT2D eigenvalue weighted by Gasteiger charge is -2.33. The van der Waals surface area contributed by atoms with Crippen LogP contribution in [0, 0.1) is 6.92 Å². The van der Waals surface area contributed by atoms with Gasteiger partial charge in [-0.05, 0) is 60.0 Å². The van der Waals surface area contributed by atoms with Crippen LogP contribution < -0.4 is 4.90 Å². The van der Waals surface area contributed by atoms with Gasteiger partial charge in [0.05, 0.1) is 5.56 Å². The zero-order chi connectivity index (χ0) is 27.6. The number of alkyl halides is 2. The number of hydrogen-bond acceptors (Lipinski definition) is 4. The molecule has 1 aromatic heterocycles. The summed E-state index contributed by atoms with van der Waals surface area (Å²) in [4.78, 5) is 24.6. The number of amides is 1. The quantitative estimate of drug-likeness (QED) is 0.340. The highest BCUT2D eigenvalue weighted by Gasteiger charge is 2.24. The first-order valence-electron chi connectivity index (χ1n) is 12.9. The molecular formula is C30H37F2N4OP. The Bertz CT molecular complexity index is 1300. The lowest BCUT2D eigenvalue weighted by Crippen LogP contribution is -2.44. The number of anilines is 1. The van der Waals surface area contributed by atoms with Gasteiger partial charge < -0.3 is 14.7 Å². The van der Waals surface area contributed by atoms with E-state index in [4.69, 9.17) is 4.98 Å². The second-order valence-corrected chi connectivity index (χ2v) is 12.3. The van der Waals surface area contributed by atoms with Gasteiger partial charge in [-0.3, -0.25) is 4.79 Å². The molecule has 1 amide bonds. The van der Waals surface area contributed by atoms with Crippen LogP contribution in [-0.4, -0.2) is 61.0 Å². The van der Waals surface area contributed by atoms with Crippen LogP contribution in [0.2, 0.25) is 0 Å². The van der Waals surface area contributed by atoms with Crippen molar-refractivity contribution in [2.24, 2.45) is 0 Å². The molecule has 0 spiro atoms. The van der Waals surface area contributed by atoms with Crippen molar-refractivity contribution in [2.45, 2.75) is 38.9 Å². The summed E-state index contributed by atoms with van der Waals surface area (Å²) >= 11 is 0. The van der Waals surface area contributed by atoms with Crippen LogP contribution in [-0.2, 0) is 11.7 Å². The summed E-state index contributed by atoms with van der Waals surface area (Å²) in [6.45, 7) is 9.82. The predicted octanol–water partition coefficient (Wildman–Crippen LogP) is 6.13. The number of halogens is 2. The van der Waals surface area contributed by atoms with Gasteiger partial charge in [-0.1, -0.05) is 44.2 Å². The van der Waals surface area contributed by atoms with E-state index in [1.807, 2.05) is 57.2 Å². The van der Waals surface area contributed by atoms with Crippen LogP contribution in [0.3, 0.4) is 0 Å². The number of nitrogens with zero attached hydrogens (tertiary/aromatic N) is 4. The van der Waals surface area contributed by atoms with E-state index in [1.165, 1.54) is 6.07 Å². The number of pyridine rings is 1. The van der Waals surface area contributed by atoms with E-state index in [1.54, 1.807) is 24.2 Å². The Balaban J connectivity index is 1.69. The average molecular weight is 539 g/mol. The van der Waals surface area contributed by atoms with Crippen molar-refractivity contribution in [2.75, 3.05) is 45.2 Å². The standard InChI is InChI=1S/C30H37F2N4OP/c1-20-8-6-7-9-24(20)25-17-27(36-12-10-34(4)11-13-36)33-18-26(25)29(37)35(5)19-21-14-22(28(31)32)16-23(15-21)30(2,3)38/h6-9,14-18,28H,10-13,19,38H2,1-5H3. The number of piperazine rings is 1. The minimum Gasteiger partial charge on any atom is -0.354 e. The SMILES string of the molecule is Cc1ccccc1-c1cc(N2CCN(C)CC2)ncc1C(=O)N(C)Cc1cc(C(F)F)cc(C(C)(C)P)c1. The molecule has 1 aliphatic rings. The molecule has 1 fully saturated rings. The summed E-state index contributed by atoms with van der Waals surface area (Å²) in [6, 6.07) is 15.0. The minimum absolute atomic E-state index is 0.0346. The molecule has 2 aromatic carbocycles. The molecule has 1 atom stereocenters. The number of carbonyl (C=O) groups excluding carboxylic acids is 1. The minimum atomic E-state index is -2.58. The van der Waals surface area contributed by atoms with Crippen molar-refractivity contribution in [1.29, 1.82) is 0 Å². The summed E-state index contributed by atoms with van der Waals surface area (Å²) in [5, 5.41) is -0.372. The van der Waals surface area contributed by atoms with Gasteiger partial charge in [0.2, 0.25) is 0 Å². The summed E-state index contributed by atoms with van der Waals surface area (Å²) in [5.41, 5.74) is 4.80. The average Bonchev–Trinajstić information content (AvgIpc) is 2.88. The highest BCUT2D eigenvalue weighted by atomic mass is 31.0. The Labute approximate surface area is 227 Å². The molecule has 202 valence electrons. The maximum Gasteiger partial charge on any atom is 0.263 e. The maximum absolute atomic E-state index is 13.8. The van der Waals surface area contributed by atoms with Gasteiger partial charge >= 0.3 is 0 Å². The van der Waals surface area contributed by atoms with Gasteiger partial charge in [0.25, 0.3) is 12.3 Å². The number of hydrogen-bond donors (Lipinski definition) is 0. The molecule has 2 heterocycles. The number of aryl methyl sites for hydroxylation is 1. The van der Waals surface area contributed by atoms with E-state index in [0.29, 0.717) is 11.1 Å². The van der Waals surface area contributed by atoms with Crippen molar-refractivity contribution >= 4 is 21.0 Å². The highest BCUT2D eigenvalue weighted by molar-refractivity contribution is 7.18. The first kappa shape index (κ1) is 28.1. The highest BCUT2D eigenvalue weighted by Crippen LogP contribution is 2.35. The fraction of sp³-hybridized carbons (Fsp3) is 0.400. The Morgan fingerprint density at radius 1 is 1.08 bits per heavy atom. The van der Waals surface area contributed by atoms with Crippen LogP contribution in [0.5, 0.6) is 0 Å². The van der Waals surface area contributed by atoms with Crippen LogP contribution >= 0.6 is 9.24 Å². The van der Waals surface area contributed by atoms with Crippen molar-refractivity contribution in [3.8, 4) is 11.1 Å². The Kier molecular flexibility index (Phi) is 8.49. The zero-order valence-electron chi connectivity index (χ0n) is 22.8. The van der Waals surface area contributed by atoms with Crippen LogP contribution in [0.1, 0.15) is 52.9 Å². The molecule has 1 unspecified atom stereocenters. The molecule has 0 N–H and O–H groups in total.